The Morgan fingerprint density at radius 1 is 1.08 bits per heavy atom. The van der Waals surface area contributed by atoms with Gasteiger partial charge in [0.05, 0.1) is 0 Å². The molecule has 0 unspecified atom stereocenters. The summed E-state index contributed by atoms with van der Waals surface area (Å²) < 4.78 is 0. The van der Waals surface area contributed by atoms with Gasteiger partial charge in [0.25, 0.3) is 5.91 Å². The van der Waals surface area contributed by atoms with Crippen molar-refractivity contribution in [1.82, 2.24) is 0 Å². The molecular formula is C22H26N2O2. The van der Waals surface area contributed by atoms with Crippen LogP contribution in [0.2, 0.25) is 0 Å². The van der Waals surface area contributed by atoms with Crippen LogP contribution in [0.3, 0.4) is 0 Å². The topological polar surface area (TPSA) is 49.4 Å². The summed E-state index contributed by atoms with van der Waals surface area (Å²) >= 11 is 0. The van der Waals surface area contributed by atoms with Crippen LogP contribution in [-0.2, 0) is 17.6 Å². The predicted octanol–water partition coefficient (Wildman–Crippen LogP) is 4.58. The highest BCUT2D eigenvalue weighted by Crippen LogP contribution is 2.30. The van der Waals surface area contributed by atoms with Crippen molar-refractivity contribution in [2.45, 2.75) is 46.0 Å². The number of anilines is 2. The molecule has 2 aromatic rings. The third-order valence-corrected chi connectivity index (χ3v) is 4.90. The smallest absolute Gasteiger partial charge is 0.255 e. The first-order valence-corrected chi connectivity index (χ1v) is 9.46. The normalized spacial score (nSPS) is 13.5. The maximum absolute atomic E-state index is 12.5. The fraction of sp³-hybridized carbons (Fsp3) is 0.364. The highest BCUT2D eigenvalue weighted by Gasteiger charge is 2.23. The number of hydrogen-bond donors (Lipinski definition) is 1. The van der Waals surface area contributed by atoms with Gasteiger partial charge in [0.1, 0.15) is 0 Å². The number of nitrogens with one attached hydrogen (secondary N) is 1. The number of amides is 2. The molecule has 0 saturated carbocycles. The van der Waals surface area contributed by atoms with Gasteiger partial charge < -0.3 is 10.2 Å². The van der Waals surface area contributed by atoms with Crippen LogP contribution in [-0.4, -0.2) is 18.4 Å². The molecule has 136 valence electrons. The Balaban J connectivity index is 1.75. The number of carbonyl (C=O) groups is 2. The van der Waals surface area contributed by atoms with Crippen molar-refractivity contribution in [3.8, 4) is 0 Å². The lowest BCUT2D eigenvalue weighted by Gasteiger charge is -2.29. The van der Waals surface area contributed by atoms with Crippen molar-refractivity contribution in [3.63, 3.8) is 0 Å². The minimum Gasteiger partial charge on any atom is -0.322 e. The van der Waals surface area contributed by atoms with E-state index < -0.39 is 0 Å². The summed E-state index contributed by atoms with van der Waals surface area (Å²) in [6.07, 6.45) is 4.28. The van der Waals surface area contributed by atoms with Gasteiger partial charge in [-0.15, -0.1) is 0 Å². The standard InChI is InChI=1S/C22H26N2O2/c1-3-5-14-24-20-12-11-19(15-18(20)10-13-21(24)25)23-22(26)17-8-6-16(4-2)7-9-17/h6-9,11-12,15H,3-5,10,13-14H2,1-2H3,(H,23,26). The van der Waals surface area contributed by atoms with Gasteiger partial charge in [-0.25, -0.2) is 0 Å². The molecule has 0 spiro atoms. The zero-order valence-corrected chi connectivity index (χ0v) is 15.5. The number of fused-ring (bicyclic) bond motifs is 1. The van der Waals surface area contributed by atoms with E-state index in [2.05, 4.69) is 19.2 Å². The Labute approximate surface area is 155 Å². The quantitative estimate of drug-likeness (QED) is 0.829. The summed E-state index contributed by atoms with van der Waals surface area (Å²) in [5.74, 6) is 0.0843. The Kier molecular flexibility index (Phi) is 5.71. The summed E-state index contributed by atoms with van der Waals surface area (Å²) in [5, 5.41) is 2.97. The Bertz CT molecular complexity index is 796. The summed E-state index contributed by atoms with van der Waals surface area (Å²) in [4.78, 5) is 26.6. The van der Waals surface area contributed by atoms with Gasteiger partial charge in [-0.3, -0.25) is 9.59 Å². The van der Waals surface area contributed by atoms with Gasteiger partial charge in [0, 0.05) is 29.9 Å². The molecule has 26 heavy (non-hydrogen) atoms. The van der Waals surface area contributed by atoms with Crippen LogP contribution in [0.4, 0.5) is 11.4 Å². The average molecular weight is 350 g/mol. The number of benzene rings is 2. The monoisotopic (exact) mass is 350 g/mol. The van der Waals surface area contributed by atoms with Crippen molar-refractivity contribution in [2.24, 2.45) is 0 Å². The number of unbranched alkanes of at least 4 members (excludes halogenated alkanes) is 1. The molecule has 0 atom stereocenters. The van der Waals surface area contributed by atoms with E-state index in [0.29, 0.717) is 12.0 Å². The van der Waals surface area contributed by atoms with E-state index in [1.165, 1.54) is 5.56 Å². The first kappa shape index (κ1) is 18.2. The van der Waals surface area contributed by atoms with Crippen LogP contribution in [0.1, 0.15) is 54.6 Å². The van der Waals surface area contributed by atoms with Crippen molar-refractivity contribution < 1.29 is 9.59 Å². The van der Waals surface area contributed by atoms with Gasteiger partial charge in [-0.2, -0.15) is 0 Å². The summed E-state index contributed by atoms with van der Waals surface area (Å²) in [6, 6.07) is 13.5. The predicted molar refractivity (Wildman–Crippen MR) is 106 cm³/mol. The van der Waals surface area contributed by atoms with Gasteiger partial charge in [0.2, 0.25) is 5.91 Å². The lowest BCUT2D eigenvalue weighted by atomic mass is 10.00. The van der Waals surface area contributed by atoms with Crippen molar-refractivity contribution in [2.75, 3.05) is 16.8 Å². The van der Waals surface area contributed by atoms with E-state index in [4.69, 9.17) is 0 Å². The molecule has 3 rings (SSSR count). The number of aryl methyl sites for hydroxylation is 2. The van der Waals surface area contributed by atoms with E-state index in [9.17, 15) is 9.59 Å². The first-order valence-electron chi connectivity index (χ1n) is 9.46. The molecule has 0 bridgehead atoms. The van der Waals surface area contributed by atoms with Crippen LogP contribution in [0.25, 0.3) is 0 Å². The maximum Gasteiger partial charge on any atom is 0.255 e. The minimum atomic E-state index is -0.109. The number of hydrogen-bond acceptors (Lipinski definition) is 2. The molecule has 1 aliphatic heterocycles. The van der Waals surface area contributed by atoms with Gasteiger partial charge in [0.15, 0.2) is 0 Å². The second-order valence-corrected chi connectivity index (χ2v) is 6.75. The molecule has 4 heteroatoms. The molecule has 1 aliphatic rings. The molecule has 0 aromatic heterocycles. The fourth-order valence-electron chi connectivity index (χ4n) is 3.29. The zero-order chi connectivity index (χ0) is 18.5. The average Bonchev–Trinajstić information content (AvgIpc) is 2.67. The van der Waals surface area contributed by atoms with E-state index in [1.807, 2.05) is 47.4 Å². The molecule has 4 nitrogen and oxygen atoms in total. The second kappa shape index (κ2) is 8.17. The Morgan fingerprint density at radius 2 is 1.85 bits per heavy atom. The Hall–Kier alpha value is -2.62. The number of nitrogens with zero attached hydrogens (tertiary/aromatic N) is 1. The summed E-state index contributed by atoms with van der Waals surface area (Å²) in [5.41, 5.74) is 4.75. The molecule has 2 aromatic carbocycles. The number of carbonyl (C=O) groups excluding carboxylic acids is 2. The molecule has 1 heterocycles. The van der Waals surface area contributed by atoms with Crippen LogP contribution in [0, 0.1) is 0 Å². The molecule has 0 aliphatic carbocycles. The van der Waals surface area contributed by atoms with Gasteiger partial charge in [-0.05, 0) is 60.7 Å². The van der Waals surface area contributed by atoms with Crippen LogP contribution < -0.4 is 10.2 Å². The lowest BCUT2D eigenvalue weighted by molar-refractivity contribution is -0.118. The highest BCUT2D eigenvalue weighted by atomic mass is 16.2. The summed E-state index contributed by atoms with van der Waals surface area (Å²) in [6.45, 7) is 4.98. The van der Waals surface area contributed by atoms with Gasteiger partial charge >= 0.3 is 0 Å². The van der Waals surface area contributed by atoms with Crippen LogP contribution >= 0.6 is 0 Å². The largest absolute Gasteiger partial charge is 0.322 e. The fourth-order valence-corrected chi connectivity index (χ4v) is 3.29. The molecule has 0 fully saturated rings. The van der Waals surface area contributed by atoms with Crippen molar-refractivity contribution in [3.05, 3.63) is 59.2 Å². The van der Waals surface area contributed by atoms with Crippen molar-refractivity contribution in [1.29, 1.82) is 0 Å². The van der Waals surface area contributed by atoms with Crippen molar-refractivity contribution >= 4 is 23.2 Å². The molecular weight excluding hydrogens is 324 g/mol. The zero-order valence-electron chi connectivity index (χ0n) is 15.5. The molecule has 0 saturated heterocycles. The molecule has 0 radical (unpaired) electrons. The minimum absolute atomic E-state index is 0.109. The number of rotatable bonds is 6. The molecule has 2 amide bonds. The maximum atomic E-state index is 12.5. The van der Waals surface area contributed by atoms with Gasteiger partial charge in [-0.1, -0.05) is 32.4 Å². The molecule has 1 N–H and O–H groups in total. The van der Waals surface area contributed by atoms with E-state index in [1.54, 1.807) is 0 Å². The van der Waals surface area contributed by atoms with E-state index in [-0.39, 0.29) is 11.8 Å². The van der Waals surface area contributed by atoms with E-state index in [0.717, 1.165) is 49.2 Å². The van der Waals surface area contributed by atoms with Crippen LogP contribution in [0.15, 0.2) is 42.5 Å². The Morgan fingerprint density at radius 3 is 2.54 bits per heavy atom. The lowest BCUT2D eigenvalue weighted by Crippen LogP contribution is -2.35. The third kappa shape index (κ3) is 3.96. The van der Waals surface area contributed by atoms with Crippen LogP contribution in [0.5, 0.6) is 0 Å². The highest BCUT2D eigenvalue weighted by molar-refractivity contribution is 6.04. The third-order valence-electron chi connectivity index (χ3n) is 4.90. The first-order chi connectivity index (χ1) is 12.6. The second-order valence-electron chi connectivity index (χ2n) is 6.75. The SMILES string of the molecule is CCCCN1C(=O)CCc2cc(NC(=O)c3ccc(CC)cc3)ccc21. The van der Waals surface area contributed by atoms with E-state index >= 15 is 0 Å². The summed E-state index contributed by atoms with van der Waals surface area (Å²) in [7, 11) is 0.